The highest BCUT2D eigenvalue weighted by Gasteiger charge is 2.08. The minimum atomic E-state index is -0.169. The van der Waals surface area contributed by atoms with Crippen LogP contribution in [0.3, 0.4) is 0 Å². The van der Waals surface area contributed by atoms with Gasteiger partial charge < -0.3 is 11.1 Å². The highest BCUT2D eigenvalue weighted by atomic mass is 35.5. The van der Waals surface area contributed by atoms with Crippen molar-refractivity contribution in [3.05, 3.63) is 50.7 Å². The maximum Gasteiger partial charge on any atom is 0.251 e. The molecule has 0 radical (unpaired) electrons. The van der Waals surface area contributed by atoms with Gasteiger partial charge in [0, 0.05) is 21.2 Å². The van der Waals surface area contributed by atoms with E-state index in [2.05, 4.69) is 5.32 Å². The molecule has 0 atom stereocenters. The second-order valence-electron chi connectivity index (χ2n) is 3.98. The van der Waals surface area contributed by atoms with E-state index in [1.807, 2.05) is 18.4 Å². The first-order chi connectivity index (χ1) is 8.56. The highest BCUT2D eigenvalue weighted by Crippen LogP contribution is 2.18. The normalized spacial score (nSPS) is 10.3. The van der Waals surface area contributed by atoms with E-state index in [0.29, 0.717) is 22.8 Å². The summed E-state index contributed by atoms with van der Waals surface area (Å²) in [5, 5.41) is 5.33. The molecule has 0 unspecified atom stereocenters. The molecular formula is C13H13ClN2OS. The van der Waals surface area contributed by atoms with E-state index in [1.54, 1.807) is 29.5 Å². The van der Waals surface area contributed by atoms with Crippen molar-refractivity contribution in [3.8, 4) is 0 Å². The maximum atomic E-state index is 11.9. The molecule has 0 saturated carbocycles. The molecule has 2 aromatic rings. The Morgan fingerprint density at radius 3 is 2.83 bits per heavy atom. The van der Waals surface area contributed by atoms with Gasteiger partial charge in [-0.25, -0.2) is 0 Å². The lowest BCUT2D eigenvalue weighted by Crippen LogP contribution is -2.22. The van der Waals surface area contributed by atoms with Gasteiger partial charge in [-0.15, -0.1) is 11.3 Å². The number of nitrogens with two attached hydrogens (primary N) is 1. The molecule has 1 amide bonds. The van der Waals surface area contributed by atoms with Crippen molar-refractivity contribution in [3.63, 3.8) is 0 Å². The minimum absolute atomic E-state index is 0.169. The first-order valence-electron chi connectivity index (χ1n) is 5.43. The number of amides is 1. The number of benzene rings is 1. The Morgan fingerprint density at radius 1 is 1.44 bits per heavy atom. The Morgan fingerprint density at radius 2 is 2.22 bits per heavy atom. The van der Waals surface area contributed by atoms with Crippen molar-refractivity contribution >= 4 is 34.5 Å². The lowest BCUT2D eigenvalue weighted by atomic mass is 10.2. The Balaban J connectivity index is 2.06. The van der Waals surface area contributed by atoms with E-state index >= 15 is 0 Å². The first kappa shape index (κ1) is 12.9. The zero-order valence-corrected chi connectivity index (χ0v) is 11.4. The molecule has 1 heterocycles. The van der Waals surface area contributed by atoms with Crippen LogP contribution in [0, 0.1) is 6.92 Å². The van der Waals surface area contributed by atoms with Crippen molar-refractivity contribution in [1.29, 1.82) is 0 Å². The number of nitrogens with one attached hydrogen (secondary N) is 1. The second-order valence-corrected chi connectivity index (χ2v) is 5.42. The summed E-state index contributed by atoms with van der Waals surface area (Å²) in [5.41, 5.74) is 7.80. The zero-order chi connectivity index (χ0) is 13.1. The predicted molar refractivity (Wildman–Crippen MR) is 76.1 cm³/mol. The summed E-state index contributed by atoms with van der Waals surface area (Å²) in [6, 6.07) is 6.86. The van der Waals surface area contributed by atoms with Crippen LogP contribution in [0.25, 0.3) is 0 Å². The maximum absolute atomic E-state index is 11.9. The third-order valence-electron chi connectivity index (χ3n) is 2.56. The minimum Gasteiger partial charge on any atom is -0.399 e. The van der Waals surface area contributed by atoms with Crippen LogP contribution in [-0.2, 0) is 6.54 Å². The van der Waals surface area contributed by atoms with Crippen LogP contribution in [-0.4, -0.2) is 5.91 Å². The van der Waals surface area contributed by atoms with Gasteiger partial charge in [0.15, 0.2) is 0 Å². The van der Waals surface area contributed by atoms with Gasteiger partial charge in [-0.05, 0) is 42.1 Å². The van der Waals surface area contributed by atoms with Crippen molar-refractivity contribution < 1.29 is 4.79 Å². The Bertz CT molecular complexity index is 560. The van der Waals surface area contributed by atoms with Gasteiger partial charge in [-0.3, -0.25) is 4.79 Å². The van der Waals surface area contributed by atoms with Gasteiger partial charge in [-0.2, -0.15) is 0 Å². The molecule has 1 aromatic heterocycles. The summed E-state index contributed by atoms with van der Waals surface area (Å²) >= 11 is 7.49. The molecule has 0 spiro atoms. The fourth-order valence-corrected chi connectivity index (χ4v) is 2.68. The topological polar surface area (TPSA) is 55.1 Å². The molecule has 94 valence electrons. The largest absolute Gasteiger partial charge is 0.399 e. The van der Waals surface area contributed by atoms with Gasteiger partial charge in [0.2, 0.25) is 0 Å². The number of rotatable bonds is 3. The lowest BCUT2D eigenvalue weighted by Gasteiger charge is -2.06. The SMILES string of the molecule is Cc1ccsc1CNC(=O)c1cc(N)cc(Cl)c1. The van der Waals surface area contributed by atoms with Crippen LogP contribution in [0.5, 0.6) is 0 Å². The summed E-state index contributed by atoms with van der Waals surface area (Å²) < 4.78 is 0. The van der Waals surface area contributed by atoms with Gasteiger partial charge in [-0.1, -0.05) is 11.6 Å². The molecule has 0 saturated heterocycles. The van der Waals surface area contributed by atoms with Crippen LogP contribution in [0.15, 0.2) is 29.6 Å². The third-order valence-corrected chi connectivity index (χ3v) is 3.80. The molecule has 0 bridgehead atoms. The van der Waals surface area contributed by atoms with E-state index < -0.39 is 0 Å². The van der Waals surface area contributed by atoms with Crippen molar-refractivity contribution in [2.24, 2.45) is 0 Å². The number of aryl methyl sites for hydroxylation is 1. The molecule has 1 aromatic carbocycles. The van der Waals surface area contributed by atoms with E-state index in [9.17, 15) is 4.79 Å². The second kappa shape index (κ2) is 5.42. The smallest absolute Gasteiger partial charge is 0.251 e. The Labute approximate surface area is 115 Å². The quantitative estimate of drug-likeness (QED) is 0.848. The zero-order valence-electron chi connectivity index (χ0n) is 9.87. The van der Waals surface area contributed by atoms with Crippen molar-refractivity contribution in [2.45, 2.75) is 13.5 Å². The first-order valence-corrected chi connectivity index (χ1v) is 6.69. The van der Waals surface area contributed by atoms with Gasteiger partial charge in [0.05, 0.1) is 6.54 Å². The van der Waals surface area contributed by atoms with E-state index in [-0.39, 0.29) is 5.91 Å². The van der Waals surface area contributed by atoms with Crippen LogP contribution >= 0.6 is 22.9 Å². The van der Waals surface area contributed by atoms with E-state index in [0.717, 1.165) is 4.88 Å². The molecule has 3 N–H and O–H groups in total. The summed E-state index contributed by atoms with van der Waals surface area (Å²) in [7, 11) is 0. The molecule has 5 heteroatoms. The fraction of sp³-hybridized carbons (Fsp3) is 0.154. The molecule has 3 nitrogen and oxygen atoms in total. The number of hydrogen-bond acceptors (Lipinski definition) is 3. The number of nitrogen functional groups attached to an aromatic ring is 1. The Hall–Kier alpha value is -1.52. The van der Waals surface area contributed by atoms with Crippen LogP contribution in [0.2, 0.25) is 5.02 Å². The average Bonchev–Trinajstić information content (AvgIpc) is 2.70. The predicted octanol–water partition coefficient (Wildman–Crippen LogP) is 3.22. The Kier molecular flexibility index (Phi) is 3.89. The number of thiophene rings is 1. The van der Waals surface area contributed by atoms with Crippen LogP contribution in [0.1, 0.15) is 20.8 Å². The standard InChI is InChI=1S/C13H13ClN2OS/c1-8-2-3-18-12(8)7-16-13(17)9-4-10(14)6-11(15)5-9/h2-6H,7,15H2,1H3,(H,16,17). The molecule has 0 fully saturated rings. The van der Waals surface area contributed by atoms with E-state index in [4.69, 9.17) is 17.3 Å². The number of carbonyl (C=O) groups is 1. The number of carbonyl (C=O) groups excluding carboxylic acids is 1. The molecule has 0 aliphatic rings. The van der Waals surface area contributed by atoms with Crippen molar-refractivity contribution in [2.75, 3.05) is 5.73 Å². The molecule has 0 aliphatic heterocycles. The van der Waals surface area contributed by atoms with Crippen molar-refractivity contribution in [1.82, 2.24) is 5.32 Å². The molecule has 18 heavy (non-hydrogen) atoms. The molecule has 2 rings (SSSR count). The summed E-state index contributed by atoms with van der Waals surface area (Å²) in [4.78, 5) is 13.1. The molecular weight excluding hydrogens is 268 g/mol. The monoisotopic (exact) mass is 280 g/mol. The molecule has 0 aliphatic carbocycles. The fourth-order valence-electron chi connectivity index (χ4n) is 1.59. The number of hydrogen-bond donors (Lipinski definition) is 2. The van der Waals surface area contributed by atoms with Gasteiger partial charge >= 0.3 is 0 Å². The lowest BCUT2D eigenvalue weighted by molar-refractivity contribution is 0.0951. The average molecular weight is 281 g/mol. The van der Waals surface area contributed by atoms with E-state index in [1.165, 1.54) is 5.56 Å². The van der Waals surface area contributed by atoms with Gasteiger partial charge in [0.25, 0.3) is 5.91 Å². The van der Waals surface area contributed by atoms with Gasteiger partial charge in [0.1, 0.15) is 0 Å². The number of anilines is 1. The highest BCUT2D eigenvalue weighted by molar-refractivity contribution is 7.10. The third kappa shape index (κ3) is 3.03. The summed E-state index contributed by atoms with van der Waals surface area (Å²) in [5.74, 6) is -0.169. The number of halogens is 1. The van der Waals surface area contributed by atoms with Crippen LogP contribution < -0.4 is 11.1 Å². The summed E-state index contributed by atoms with van der Waals surface area (Å²) in [6.45, 7) is 2.55. The van der Waals surface area contributed by atoms with Crippen LogP contribution in [0.4, 0.5) is 5.69 Å². The summed E-state index contributed by atoms with van der Waals surface area (Å²) in [6.07, 6.45) is 0.